The van der Waals surface area contributed by atoms with Gasteiger partial charge in [-0.1, -0.05) is 6.92 Å². The third-order valence-corrected chi connectivity index (χ3v) is 2.95. The van der Waals surface area contributed by atoms with Gasteiger partial charge in [-0.3, -0.25) is 4.57 Å². The van der Waals surface area contributed by atoms with Crippen LogP contribution in [0.5, 0.6) is 0 Å². The zero-order valence-corrected chi connectivity index (χ0v) is 11.0. The smallest absolute Gasteiger partial charge is 0.396 e. The van der Waals surface area contributed by atoms with Crippen LogP contribution in [-0.2, 0) is 7.05 Å². The van der Waals surface area contributed by atoms with Gasteiger partial charge in [-0.05, 0) is 28.7 Å². The molecular formula is C11H20N4O3. The third-order valence-electron chi connectivity index (χ3n) is 2.95. The summed E-state index contributed by atoms with van der Waals surface area (Å²) in [6, 6.07) is 0. The van der Waals surface area contributed by atoms with Gasteiger partial charge in [-0.25, -0.2) is 0 Å². The van der Waals surface area contributed by atoms with Gasteiger partial charge in [0.15, 0.2) is 0 Å². The fraction of sp³-hybridized carbons (Fsp3) is 0.727. The molecule has 1 atom stereocenters. The van der Waals surface area contributed by atoms with E-state index in [1.54, 1.807) is 18.5 Å². The highest BCUT2D eigenvalue weighted by molar-refractivity contribution is 5.53. The Kier molecular flexibility index (Phi) is 5.08. The van der Waals surface area contributed by atoms with Crippen molar-refractivity contribution in [2.24, 2.45) is 13.0 Å². The second-order valence-corrected chi connectivity index (χ2v) is 4.50. The van der Waals surface area contributed by atoms with E-state index in [4.69, 9.17) is 5.11 Å². The number of nitrogens with zero attached hydrogens (tertiary/aromatic N) is 3. The van der Waals surface area contributed by atoms with E-state index in [2.05, 4.69) is 10.3 Å². The van der Waals surface area contributed by atoms with Crippen molar-refractivity contribution in [3.05, 3.63) is 15.9 Å². The standard InChI is InChI=1S/C11H20N4O3/c1-8(7-16)5-4-6-12-10-11(15(17)18)13-9(2)14(10)3/h8,12,16H,4-7H2,1-3H3. The Morgan fingerprint density at radius 2 is 2.28 bits per heavy atom. The number of hydrogen-bond donors (Lipinski definition) is 2. The molecule has 1 heterocycles. The lowest BCUT2D eigenvalue weighted by Gasteiger charge is -2.09. The highest BCUT2D eigenvalue weighted by atomic mass is 16.6. The zero-order valence-electron chi connectivity index (χ0n) is 11.0. The van der Waals surface area contributed by atoms with Gasteiger partial charge in [0.1, 0.15) is 0 Å². The average molecular weight is 256 g/mol. The fourth-order valence-corrected chi connectivity index (χ4v) is 1.67. The first-order valence-electron chi connectivity index (χ1n) is 5.99. The maximum Gasteiger partial charge on any atom is 0.406 e. The largest absolute Gasteiger partial charge is 0.406 e. The Balaban J connectivity index is 2.59. The van der Waals surface area contributed by atoms with Crippen LogP contribution >= 0.6 is 0 Å². The molecule has 0 spiro atoms. The average Bonchev–Trinajstić information content (AvgIpc) is 2.62. The molecule has 7 nitrogen and oxygen atoms in total. The van der Waals surface area contributed by atoms with Gasteiger partial charge < -0.3 is 20.5 Å². The van der Waals surface area contributed by atoms with Gasteiger partial charge in [0, 0.05) is 27.1 Å². The van der Waals surface area contributed by atoms with Gasteiger partial charge in [0.25, 0.3) is 0 Å². The van der Waals surface area contributed by atoms with Crippen LogP contribution in [0, 0.1) is 23.0 Å². The summed E-state index contributed by atoms with van der Waals surface area (Å²) in [5.74, 6) is 1.17. The topological polar surface area (TPSA) is 93.2 Å². The Labute approximate surface area is 106 Å². The Hall–Kier alpha value is -1.63. The SMILES string of the molecule is Cc1nc([N+](=O)[O-])c(NCCCC(C)CO)n1C. The van der Waals surface area contributed by atoms with Gasteiger partial charge in [-0.15, -0.1) is 0 Å². The van der Waals surface area contributed by atoms with E-state index < -0.39 is 4.92 Å². The quantitative estimate of drug-likeness (QED) is 0.437. The lowest BCUT2D eigenvalue weighted by molar-refractivity contribution is -0.388. The Morgan fingerprint density at radius 3 is 2.83 bits per heavy atom. The number of rotatable bonds is 7. The predicted molar refractivity (Wildman–Crippen MR) is 68.6 cm³/mol. The summed E-state index contributed by atoms with van der Waals surface area (Å²) in [5.41, 5.74) is 0. The van der Waals surface area contributed by atoms with Crippen molar-refractivity contribution in [3.63, 3.8) is 0 Å². The first-order chi connectivity index (χ1) is 8.47. The van der Waals surface area contributed by atoms with Gasteiger partial charge in [0.2, 0.25) is 11.6 Å². The summed E-state index contributed by atoms with van der Waals surface area (Å²) in [7, 11) is 1.74. The first-order valence-corrected chi connectivity index (χ1v) is 5.99. The summed E-state index contributed by atoms with van der Waals surface area (Å²) < 4.78 is 1.67. The first kappa shape index (κ1) is 14.4. The number of aryl methyl sites for hydroxylation is 1. The van der Waals surface area contributed by atoms with E-state index in [0.29, 0.717) is 18.2 Å². The lowest BCUT2D eigenvalue weighted by atomic mass is 10.1. The van der Waals surface area contributed by atoms with E-state index >= 15 is 0 Å². The second-order valence-electron chi connectivity index (χ2n) is 4.50. The monoisotopic (exact) mass is 256 g/mol. The number of nitrogens with one attached hydrogen (secondary N) is 1. The number of imidazole rings is 1. The zero-order chi connectivity index (χ0) is 13.7. The van der Waals surface area contributed by atoms with Crippen LogP contribution in [0.4, 0.5) is 11.6 Å². The Morgan fingerprint density at radius 1 is 1.61 bits per heavy atom. The molecule has 7 heteroatoms. The summed E-state index contributed by atoms with van der Waals surface area (Å²) in [4.78, 5) is 14.3. The molecule has 0 saturated carbocycles. The highest BCUT2D eigenvalue weighted by Gasteiger charge is 2.22. The number of hydrogen-bond acceptors (Lipinski definition) is 5. The molecule has 18 heavy (non-hydrogen) atoms. The minimum absolute atomic E-state index is 0.134. The van der Waals surface area contributed by atoms with E-state index in [1.807, 2.05) is 6.92 Å². The van der Waals surface area contributed by atoms with Crippen molar-refractivity contribution in [1.29, 1.82) is 0 Å². The van der Waals surface area contributed by atoms with E-state index in [9.17, 15) is 10.1 Å². The Bertz CT molecular complexity index is 417. The van der Waals surface area contributed by atoms with Crippen LogP contribution in [0.2, 0.25) is 0 Å². The summed E-state index contributed by atoms with van der Waals surface area (Å²) >= 11 is 0. The summed E-state index contributed by atoms with van der Waals surface area (Å²) in [6.07, 6.45) is 1.73. The van der Waals surface area contributed by atoms with Gasteiger partial charge in [-0.2, -0.15) is 0 Å². The van der Waals surface area contributed by atoms with Crippen LogP contribution in [0.1, 0.15) is 25.6 Å². The number of aromatic nitrogens is 2. The molecule has 1 rings (SSSR count). The van der Waals surface area contributed by atoms with Gasteiger partial charge >= 0.3 is 5.82 Å². The maximum atomic E-state index is 10.8. The molecule has 0 aliphatic heterocycles. The number of aliphatic hydroxyl groups is 1. The van der Waals surface area contributed by atoms with Crippen LogP contribution < -0.4 is 5.32 Å². The molecule has 0 radical (unpaired) electrons. The summed E-state index contributed by atoms with van der Waals surface area (Å²) in [6.45, 7) is 4.50. The lowest BCUT2D eigenvalue weighted by Crippen LogP contribution is -2.10. The van der Waals surface area contributed by atoms with Crippen LogP contribution in [0.15, 0.2) is 0 Å². The molecule has 0 saturated heterocycles. The van der Waals surface area contributed by atoms with E-state index in [0.717, 1.165) is 12.8 Å². The molecule has 0 fully saturated rings. The van der Waals surface area contributed by atoms with Crippen molar-refractivity contribution >= 4 is 11.6 Å². The molecule has 0 aromatic carbocycles. The number of aliphatic hydroxyl groups excluding tert-OH is 1. The third kappa shape index (κ3) is 3.43. The molecule has 1 aromatic rings. The van der Waals surface area contributed by atoms with Crippen LogP contribution in [0.3, 0.4) is 0 Å². The van der Waals surface area contributed by atoms with Crippen molar-refractivity contribution in [2.45, 2.75) is 26.7 Å². The molecule has 0 amide bonds. The molecule has 102 valence electrons. The predicted octanol–water partition coefficient (Wildman–Crippen LogP) is 1.46. The highest BCUT2D eigenvalue weighted by Crippen LogP contribution is 2.23. The number of nitro groups is 1. The van der Waals surface area contributed by atoms with Crippen LogP contribution in [-0.4, -0.2) is 32.7 Å². The van der Waals surface area contributed by atoms with E-state index in [1.165, 1.54) is 0 Å². The maximum absolute atomic E-state index is 10.8. The van der Waals surface area contributed by atoms with Crippen molar-refractivity contribution in [1.82, 2.24) is 9.55 Å². The van der Waals surface area contributed by atoms with Crippen LogP contribution in [0.25, 0.3) is 0 Å². The number of anilines is 1. The van der Waals surface area contributed by atoms with Crippen molar-refractivity contribution < 1.29 is 10.0 Å². The second kappa shape index (κ2) is 6.34. The summed E-state index contributed by atoms with van der Waals surface area (Å²) in [5, 5.41) is 22.8. The molecule has 1 aromatic heterocycles. The molecular weight excluding hydrogens is 236 g/mol. The fourth-order valence-electron chi connectivity index (χ4n) is 1.67. The van der Waals surface area contributed by atoms with Gasteiger partial charge in [0.05, 0.1) is 0 Å². The molecule has 0 bridgehead atoms. The molecule has 2 N–H and O–H groups in total. The molecule has 1 unspecified atom stereocenters. The molecule has 0 aliphatic rings. The van der Waals surface area contributed by atoms with E-state index in [-0.39, 0.29) is 18.3 Å². The van der Waals surface area contributed by atoms with Crippen molar-refractivity contribution in [3.8, 4) is 0 Å². The minimum atomic E-state index is -0.480. The molecule has 0 aliphatic carbocycles. The normalized spacial score (nSPS) is 12.4. The minimum Gasteiger partial charge on any atom is -0.396 e. The van der Waals surface area contributed by atoms with Crippen molar-refractivity contribution in [2.75, 3.05) is 18.5 Å².